The van der Waals surface area contributed by atoms with Crippen LogP contribution < -0.4 is 5.84 Å². The first-order valence-corrected chi connectivity index (χ1v) is 10.1. The summed E-state index contributed by atoms with van der Waals surface area (Å²) < 4.78 is 15.2. The Balaban J connectivity index is 1.76. The van der Waals surface area contributed by atoms with Crippen molar-refractivity contribution in [2.75, 3.05) is 12.9 Å². The molecular formula is C19H23FN6OS. The molecule has 1 aromatic heterocycles. The van der Waals surface area contributed by atoms with Crippen molar-refractivity contribution in [3.63, 3.8) is 0 Å². The van der Waals surface area contributed by atoms with Crippen molar-refractivity contribution in [2.24, 2.45) is 0 Å². The molecule has 3 rings (SSSR count). The van der Waals surface area contributed by atoms with E-state index in [9.17, 15) is 14.4 Å². The van der Waals surface area contributed by atoms with Gasteiger partial charge in [0, 0.05) is 7.05 Å². The number of hydrogen-bond donors (Lipinski definition) is 1. The number of benzene rings is 1. The molecule has 28 heavy (non-hydrogen) atoms. The Morgan fingerprint density at radius 1 is 1.36 bits per heavy atom. The van der Waals surface area contributed by atoms with Crippen molar-refractivity contribution < 1.29 is 9.18 Å². The molecule has 9 heteroatoms. The number of carbonyl (C=O) groups excluding carboxylic acids is 1. The van der Waals surface area contributed by atoms with E-state index in [1.807, 2.05) is 0 Å². The second kappa shape index (κ2) is 8.19. The zero-order valence-corrected chi connectivity index (χ0v) is 16.7. The van der Waals surface area contributed by atoms with E-state index in [0.717, 1.165) is 31.0 Å². The lowest BCUT2D eigenvalue weighted by Gasteiger charge is -2.40. The summed E-state index contributed by atoms with van der Waals surface area (Å²) in [6, 6.07) is 8.52. The number of nitrogens with zero attached hydrogens (tertiary/aromatic N) is 5. The maximum atomic E-state index is 14.0. The maximum absolute atomic E-state index is 14.0. The lowest BCUT2D eigenvalue weighted by atomic mass is 9.81. The van der Waals surface area contributed by atoms with Crippen LogP contribution in [0.1, 0.15) is 39.0 Å². The van der Waals surface area contributed by atoms with Gasteiger partial charge in [0.25, 0.3) is 0 Å². The van der Waals surface area contributed by atoms with Gasteiger partial charge >= 0.3 is 0 Å². The zero-order chi connectivity index (χ0) is 20.3. The highest BCUT2D eigenvalue weighted by molar-refractivity contribution is 8.00. The molecule has 2 aromatic rings. The molecular weight excluding hydrogens is 379 g/mol. The van der Waals surface area contributed by atoms with Gasteiger partial charge < -0.3 is 10.7 Å². The predicted octanol–water partition coefficient (Wildman–Crippen LogP) is 2.96. The standard InChI is InChI=1S/C19H23FN6OS/c1-13(17(27)25(2)19(12-21)10-6-3-7-11-19)28-18-24-23-16(26(18)22)14-8-4-5-9-15(14)20/h4-5,8-9,13H,3,6-7,10-11,22H2,1-2H3/t13-/m1/s1. The number of carbonyl (C=O) groups is 1. The molecule has 1 saturated carbocycles. The van der Waals surface area contributed by atoms with E-state index in [4.69, 9.17) is 5.84 Å². The first-order chi connectivity index (χ1) is 13.4. The predicted molar refractivity (Wildman–Crippen MR) is 105 cm³/mol. The molecule has 0 aliphatic heterocycles. The van der Waals surface area contributed by atoms with Crippen molar-refractivity contribution in [3.05, 3.63) is 30.1 Å². The monoisotopic (exact) mass is 402 g/mol. The Labute approximate surface area is 167 Å². The normalized spacial score (nSPS) is 16.9. The minimum absolute atomic E-state index is 0.163. The molecule has 0 spiro atoms. The molecule has 0 unspecified atom stereocenters. The fourth-order valence-corrected chi connectivity index (χ4v) is 4.40. The number of hydrogen-bond acceptors (Lipinski definition) is 6. The van der Waals surface area contributed by atoms with Crippen molar-refractivity contribution in [1.82, 2.24) is 19.8 Å². The van der Waals surface area contributed by atoms with Gasteiger partial charge in [-0.25, -0.2) is 9.07 Å². The van der Waals surface area contributed by atoms with Gasteiger partial charge in [-0.05, 0) is 31.9 Å². The Hall–Kier alpha value is -2.60. The third kappa shape index (κ3) is 3.69. The molecule has 1 atom stereocenters. The summed E-state index contributed by atoms with van der Waals surface area (Å²) in [5.41, 5.74) is -0.509. The summed E-state index contributed by atoms with van der Waals surface area (Å²) in [6.07, 6.45) is 4.35. The zero-order valence-electron chi connectivity index (χ0n) is 15.9. The molecule has 0 radical (unpaired) electrons. The second-order valence-electron chi connectivity index (χ2n) is 7.02. The van der Waals surface area contributed by atoms with Gasteiger partial charge in [0.1, 0.15) is 11.4 Å². The first-order valence-electron chi connectivity index (χ1n) is 9.20. The highest BCUT2D eigenvalue weighted by atomic mass is 32.2. The molecule has 1 aliphatic carbocycles. The van der Waals surface area contributed by atoms with Gasteiger partial charge in [0.2, 0.25) is 11.1 Å². The van der Waals surface area contributed by atoms with Gasteiger partial charge in [0.15, 0.2) is 5.82 Å². The molecule has 0 bridgehead atoms. The van der Waals surface area contributed by atoms with Crippen molar-refractivity contribution in [2.45, 2.75) is 55.0 Å². The number of nitrogens with two attached hydrogens (primary N) is 1. The average molecular weight is 402 g/mol. The summed E-state index contributed by atoms with van der Waals surface area (Å²) >= 11 is 1.14. The number of halogens is 1. The second-order valence-corrected chi connectivity index (χ2v) is 8.33. The van der Waals surface area contributed by atoms with Crippen LogP contribution >= 0.6 is 11.8 Å². The molecule has 2 N–H and O–H groups in total. The van der Waals surface area contributed by atoms with E-state index in [0.29, 0.717) is 18.0 Å². The molecule has 1 fully saturated rings. The number of rotatable bonds is 5. The highest BCUT2D eigenvalue weighted by Crippen LogP contribution is 2.34. The summed E-state index contributed by atoms with van der Waals surface area (Å²) in [4.78, 5) is 14.5. The average Bonchev–Trinajstić information content (AvgIpc) is 3.07. The van der Waals surface area contributed by atoms with Crippen LogP contribution in [0.15, 0.2) is 29.4 Å². The quantitative estimate of drug-likeness (QED) is 0.609. The highest BCUT2D eigenvalue weighted by Gasteiger charge is 2.40. The smallest absolute Gasteiger partial charge is 0.236 e. The number of nitrogen functional groups attached to an aromatic ring is 1. The summed E-state index contributed by atoms with van der Waals surface area (Å²) in [7, 11) is 1.69. The van der Waals surface area contributed by atoms with Crippen LogP contribution in [0, 0.1) is 17.1 Å². The van der Waals surface area contributed by atoms with Gasteiger partial charge in [-0.2, -0.15) is 5.26 Å². The summed E-state index contributed by atoms with van der Waals surface area (Å²) in [5, 5.41) is 17.5. The van der Waals surface area contributed by atoms with Crippen molar-refractivity contribution in [3.8, 4) is 17.5 Å². The SMILES string of the molecule is C[C@@H](Sc1nnc(-c2ccccc2F)n1N)C(=O)N(C)C1(C#N)CCCCC1. The number of nitriles is 1. The van der Waals surface area contributed by atoms with Crippen molar-refractivity contribution >= 4 is 17.7 Å². The van der Waals surface area contributed by atoms with Crippen molar-refractivity contribution in [1.29, 1.82) is 5.26 Å². The Kier molecular flexibility index (Phi) is 5.89. The number of amides is 1. The number of aromatic nitrogens is 3. The Bertz CT molecular complexity index is 902. The van der Waals surface area contributed by atoms with Crippen LogP contribution in [-0.4, -0.2) is 43.5 Å². The largest absolute Gasteiger partial charge is 0.335 e. The van der Waals surface area contributed by atoms with Gasteiger partial charge in [0.05, 0.1) is 16.9 Å². The molecule has 1 aliphatic rings. The van der Waals surface area contributed by atoms with E-state index in [-0.39, 0.29) is 17.3 Å². The lowest BCUT2D eigenvalue weighted by molar-refractivity contribution is -0.133. The van der Waals surface area contributed by atoms with Crippen LogP contribution in [0.4, 0.5) is 4.39 Å². The van der Waals surface area contributed by atoms with E-state index >= 15 is 0 Å². The van der Waals surface area contributed by atoms with Crippen LogP contribution in [0.2, 0.25) is 0 Å². The summed E-state index contributed by atoms with van der Waals surface area (Å²) in [5.74, 6) is 5.63. The number of thioether (sulfide) groups is 1. The lowest BCUT2D eigenvalue weighted by Crippen LogP contribution is -2.52. The van der Waals surface area contributed by atoms with E-state index in [1.165, 1.54) is 10.7 Å². The molecule has 0 saturated heterocycles. The first kappa shape index (κ1) is 20.1. The van der Waals surface area contributed by atoms with Crippen LogP contribution in [0.3, 0.4) is 0 Å². The summed E-state index contributed by atoms with van der Waals surface area (Å²) in [6.45, 7) is 1.74. The fourth-order valence-electron chi connectivity index (χ4n) is 3.53. The molecule has 1 amide bonds. The minimum Gasteiger partial charge on any atom is -0.335 e. The molecule has 7 nitrogen and oxygen atoms in total. The Morgan fingerprint density at radius 3 is 2.68 bits per heavy atom. The third-order valence-corrected chi connectivity index (χ3v) is 6.32. The van der Waals surface area contributed by atoms with Gasteiger partial charge in [-0.15, -0.1) is 10.2 Å². The third-order valence-electron chi connectivity index (χ3n) is 5.27. The maximum Gasteiger partial charge on any atom is 0.236 e. The van der Waals surface area contributed by atoms with Gasteiger partial charge in [-0.1, -0.05) is 43.2 Å². The van der Waals surface area contributed by atoms with Crippen LogP contribution in [0.5, 0.6) is 0 Å². The van der Waals surface area contributed by atoms with E-state index in [1.54, 1.807) is 37.1 Å². The molecule has 1 aromatic carbocycles. The van der Waals surface area contributed by atoms with Crippen LogP contribution in [0.25, 0.3) is 11.4 Å². The van der Waals surface area contributed by atoms with E-state index in [2.05, 4.69) is 16.3 Å². The van der Waals surface area contributed by atoms with E-state index < -0.39 is 16.6 Å². The minimum atomic E-state index is -0.751. The fraction of sp³-hybridized carbons (Fsp3) is 0.474. The van der Waals surface area contributed by atoms with Gasteiger partial charge in [-0.3, -0.25) is 4.79 Å². The van der Waals surface area contributed by atoms with Crippen LogP contribution in [-0.2, 0) is 4.79 Å². The molecule has 148 valence electrons. The topological polar surface area (TPSA) is 101 Å². The Morgan fingerprint density at radius 2 is 2.04 bits per heavy atom. The molecule has 1 heterocycles.